The molecule has 0 heterocycles. The van der Waals surface area contributed by atoms with Crippen molar-refractivity contribution >= 4 is 17.9 Å². The predicted octanol–water partition coefficient (Wildman–Crippen LogP) is 22.2. The molecular formula is C71H120O6. The van der Waals surface area contributed by atoms with Gasteiger partial charge in [-0.15, -0.1) is 0 Å². The molecule has 0 spiro atoms. The lowest BCUT2D eigenvalue weighted by molar-refractivity contribution is -0.167. The number of carbonyl (C=O) groups excluding carboxylic acids is 3. The summed E-state index contributed by atoms with van der Waals surface area (Å²) in [5, 5.41) is 0. The summed E-state index contributed by atoms with van der Waals surface area (Å²) < 4.78 is 16.9. The highest BCUT2D eigenvalue weighted by Gasteiger charge is 2.19. The fraction of sp³-hybridized carbons (Fsp3) is 0.704. The van der Waals surface area contributed by atoms with Gasteiger partial charge in [0, 0.05) is 19.3 Å². The van der Waals surface area contributed by atoms with E-state index in [1.807, 2.05) is 0 Å². The molecule has 0 saturated carbocycles. The molecule has 0 aromatic rings. The molecule has 0 rings (SSSR count). The van der Waals surface area contributed by atoms with E-state index in [4.69, 9.17) is 14.2 Å². The Morgan fingerprint density at radius 3 is 0.844 bits per heavy atom. The molecule has 6 nitrogen and oxygen atoms in total. The third kappa shape index (κ3) is 62.8. The molecule has 0 radical (unpaired) electrons. The van der Waals surface area contributed by atoms with Gasteiger partial charge in [-0.1, -0.05) is 278 Å². The van der Waals surface area contributed by atoms with Crippen LogP contribution in [-0.4, -0.2) is 37.2 Å². The van der Waals surface area contributed by atoms with Crippen LogP contribution in [0, 0.1) is 0 Å². The lowest BCUT2D eigenvalue weighted by atomic mass is 10.0. The Kier molecular flexibility index (Phi) is 61.3. The van der Waals surface area contributed by atoms with Crippen molar-refractivity contribution in [2.45, 2.75) is 309 Å². The molecule has 0 N–H and O–H groups in total. The van der Waals surface area contributed by atoms with Crippen LogP contribution in [0.15, 0.2) is 109 Å². The maximum Gasteiger partial charge on any atom is 0.306 e. The minimum Gasteiger partial charge on any atom is -0.462 e. The maximum absolute atomic E-state index is 12.9. The van der Waals surface area contributed by atoms with Crippen LogP contribution in [0.25, 0.3) is 0 Å². The van der Waals surface area contributed by atoms with Crippen LogP contribution in [0.1, 0.15) is 303 Å². The number of allylic oxidation sites excluding steroid dienone is 18. The Labute approximate surface area is 476 Å². The Morgan fingerprint density at radius 2 is 0.519 bits per heavy atom. The largest absolute Gasteiger partial charge is 0.462 e. The molecular weight excluding hydrogens is 949 g/mol. The van der Waals surface area contributed by atoms with E-state index in [-0.39, 0.29) is 37.5 Å². The number of ether oxygens (including phenoxy) is 3. The molecule has 0 aromatic carbocycles. The van der Waals surface area contributed by atoms with Crippen LogP contribution < -0.4 is 0 Å². The minimum atomic E-state index is -0.817. The Morgan fingerprint density at radius 1 is 0.273 bits per heavy atom. The normalized spacial score (nSPS) is 12.8. The first-order valence-corrected chi connectivity index (χ1v) is 32.4. The summed E-state index contributed by atoms with van der Waals surface area (Å²) in [6, 6.07) is 0. The van der Waals surface area contributed by atoms with E-state index in [1.165, 1.54) is 141 Å². The SMILES string of the molecule is CC/C=C\C/C=C\C/C=C\C/C=C\C/C=C\CCCC(=O)OC(COC(=O)CCCCCCC/C=C\C/C=C\C/C=C\CC)COC(=O)CCCCCCCCCCCCCCCCC/C=C\CCCCCCCCCC. The fourth-order valence-electron chi connectivity index (χ4n) is 8.96. The van der Waals surface area contributed by atoms with E-state index < -0.39 is 6.10 Å². The monoisotopic (exact) mass is 1070 g/mol. The van der Waals surface area contributed by atoms with Crippen molar-refractivity contribution in [2.75, 3.05) is 13.2 Å². The first kappa shape index (κ1) is 73.1. The lowest BCUT2D eigenvalue weighted by Crippen LogP contribution is -2.30. The van der Waals surface area contributed by atoms with Gasteiger partial charge in [0.1, 0.15) is 13.2 Å². The molecule has 0 saturated heterocycles. The van der Waals surface area contributed by atoms with Crippen LogP contribution >= 0.6 is 0 Å². The molecule has 0 fully saturated rings. The summed E-state index contributed by atoms with van der Waals surface area (Å²) >= 11 is 0. The molecule has 0 aliphatic heterocycles. The molecule has 440 valence electrons. The van der Waals surface area contributed by atoms with Crippen molar-refractivity contribution in [3.8, 4) is 0 Å². The minimum absolute atomic E-state index is 0.106. The van der Waals surface area contributed by atoms with Crippen molar-refractivity contribution in [3.05, 3.63) is 109 Å². The number of carbonyl (C=O) groups is 3. The Hall–Kier alpha value is -3.93. The Balaban J connectivity index is 4.35. The van der Waals surface area contributed by atoms with Crippen LogP contribution in [0.2, 0.25) is 0 Å². The highest BCUT2D eigenvalue weighted by molar-refractivity contribution is 5.71. The van der Waals surface area contributed by atoms with Crippen molar-refractivity contribution in [1.82, 2.24) is 0 Å². The van der Waals surface area contributed by atoms with Crippen LogP contribution in [-0.2, 0) is 28.6 Å². The highest BCUT2D eigenvalue weighted by Crippen LogP contribution is 2.16. The Bertz CT molecular complexity index is 1560. The summed E-state index contributed by atoms with van der Waals surface area (Å²) in [6.07, 6.45) is 88.3. The van der Waals surface area contributed by atoms with Gasteiger partial charge in [-0.25, -0.2) is 0 Å². The summed E-state index contributed by atoms with van der Waals surface area (Å²) in [4.78, 5) is 38.3. The van der Waals surface area contributed by atoms with Crippen molar-refractivity contribution in [3.63, 3.8) is 0 Å². The zero-order valence-corrected chi connectivity index (χ0v) is 50.4. The predicted molar refractivity (Wildman–Crippen MR) is 334 cm³/mol. The summed E-state index contributed by atoms with van der Waals surface area (Å²) in [5.74, 6) is -0.976. The third-order valence-electron chi connectivity index (χ3n) is 13.7. The molecule has 0 amide bonds. The molecule has 1 atom stereocenters. The molecule has 0 aliphatic carbocycles. The topological polar surface area (TPSA) is 78.9 Å². The van der Waals surface area contributed by atoms with Gasteiger partial charge in [0.15, 0.2) is 6.10 Å². The second kappa shape index (κ2) is 64.6. The zero-order chi connectivity index (χ0) is 55.7. The van der Waals surface area contributed by atoms with Gasteiger partial charge in [0.05, 0.1) is 0 Å². The fourth-order valence-corrected chi connectivity index (χ4v) is 8.96. The molecule has 0 aromatic heterocycles. The van der Waals surface area contributed by atoms with Gasteiger partial charge in [-0.3, -0.25) is 14.4 Å². The van der Waals surface area contributed by atoms with Gasteiger partial charge in [-0.05, 0) is 116 Å². The van der Waals surface area contributed by atoms with Crippen LogP contribution in [0.3, 0.4) is 0 Å². The van der Waals surface area contributed by atoms with Crippen molar-refractivity contribution in [1.29, 1.82) is 0 Å². The number of hydrogen-bond acceptors (Lipinski definition) is 6. The van der Waals surface area contributed by atoms with Crippen molar-refractivity contribution in [2.24, 2.45) is 0 Å². The molecule has 0 bridgehead atoms. The van der Waals surface area contributed by atoms with Gasteiger partial charge in [0.2, 0.25) is 0 Å². The van der Waals surface area contributed by atoms with E-state index in [9.17, 15) is 14.4 Å². The average molecular weight is 1070 g/mol. The smallest absolute Gasteiger partial charge is 0.306 e. The number of unbranched alkanes of at least 4 members (excludes halogenated alkanes) is 29. The second-order valence-electron chi connectivity index (χ2n) is 21.3. The first-order chi connectivity index (χ1) is 38.0. The first-order valence-electron chi connectivity index (χ1n) is 32.4. The molecule has 1 unspecified atom stereocenters. The standard InChI is InChI=1S/C71H120O6/c1-4-7-10-13-16-19-22-25-28-30-31-32-33-34-35-36-37-38-39-41-43-46-49-52-55-58-61-64-70(73)76-67-68(66-75-69(72)63-60-57-54-51-48-45-42-27-24-21-18-15-12-9-6-3)77-71(74)65-62-59-56-53-50-47-44-40-29-26-23-20-17-14-11-8-5-2/h8-9,11-12,17-18,20-21,26-27,29-31,42,44,47,53,56,68H,4-7,10,13-16,19,22-25,28,32-41,43,45-46,48-52,54-55,57-67H2,1-3H3/b11-8-,12-9-,20-17-,21-18-,29-26-,31-30-,42-27-,47-44-,56-53-. The van der Waals surface area contributed by atoms with Gasteiger partial charge >= 0.3 is 17.9 Å². The van der Waals surface area contributed by atoms with Gasteiger partial charge in [-0.2, -0.15) is 0 Å². The summed E-state index contributed by atoms with van der Waals surface area (Å²) in [5.41, 5.74) is 0. The second-order valence-corrected chi connectivity index (χ2v) is 21.3. The van der Waals surface area contributed by atoms with E-state index >= 15 is 0 Å². The molecule has 0 aliphatic rings. The molecule has 77 heavy (non-hydrogen) atoms. The summed E-state index contributed by atoms with van der Waals surface area (Å²) in [6.45, 7) is 6.37. The quantitative estimate of drug-likeness (QED) is 0.0261. The number of esters is 3. The van der Waals surface area contributed by atoms with Crippen LogP contribution in [0.4, 0.5) is 0 Å². The third-order valence-corrected chi connectivity index (χ3v) is 13.7. The van der Waals surface area contributed by atoms with E-state index in [2.05, 4.69) is 130 Å². The average Bonchev–Trinajstić information content (AvgIpc) is 3.43. The lowest BCUT2D eigenvalue weighted by Gasteiger charge is -2.18. The maximum atomic E-state index is 12.9. The zero-order valence-electron chi connectivity index (χ0n) is 50.4. The van der Waals surface area contributed by atoms with E-state index in [0.29, 0.717) is 19.3 Å². The highest BCUT2D eigenvalue weighted by atomic mass is 16.6. The summed E-state index contributed by atoms with van der Waals surface area (Å²) in [7, 11) is 0. The van der Waals surface area contributed by atoms with Crippen LogP contribution in [0.5, 0.6) is 0 Å². The van der Waals surface area contributed by atoms with E-state index in [1.54, 1.807) is 0 Å². The van der Waals surface area contributed by atoms with Gasteiger partial charge in [0.25, 0.3) is 0 Å². The van der Waals surface area contributed by atoms with Gasteiger partial charge < -0.3 is 14.2 Å². The van der Waals surface area contributed by atoms with E-state index in [0.717, 1.165) is 116 Å². The molecule has 6 heteroatoms. The number of rotatable bonds is 58. The number of hydrogen-bond donors (Lipinski definition) is 0. The van der Waals surface area contributed by atoms with Crippen molar-refractivity contribution < 1.29 is 28.6 Å².